The smallest absolute Gasteiger partial charge is 0.266 e. The standard InChI is InChI=1S/C28H20N2O4/c1-33-22-15-8-19(9-16-22)10-17-25(31)20-11-13-21(14-12-20)30-27(26-7-4-18-34-26)29-24-6-3-2-5-23(24)28(30)32/h2-18H,1H3/b17-10+. The second-order valence-corrected chi connectivity index (χ2v) is 7.59. The largest absolute Gasteiger partial charge is 0.497 e. The summed E-state index contributed by atoms with van der Waals surface area (Å²) < 4.78 is 12.2. The molecule has 0 radical (unpaired) electrons. The van der Waals surface area contributed by atoms with Crippen LogP contribution in [0.5, 0.6) is 5.75 Å². The van der Waals surface area contributed by atoms with Gasteiger partial charge in [-0.25, -0.2) is 4.98 Å². The molecule has 0 amide bonds. The molecular formula is C28H20N2O4. The Hall–Kier alpha value is -4.71. The maximum atomic E-state index is 13.4. The minimum Gasteiger partial charge on any atom is -0.497 e. The first-order valence-corrected chi connectivity index (χ1v) is 10.7. The van der Waals surface area contributed by atoms with Gasteiger partial charge in [0.1, 0.15) is 5.75 Å². The van der Waals surface area contributed by atoms with Crippen molar-refractivity contribution < 1.29 is 13.9 Å². The van der Waals surface area contributed by atoms with Crippen LogP contribution in [0.15, 0.2) is 106 Å². The summed E-state index contributed by atoms with van der Waals surface area (Å²) in [7, 11) is 1.61. The number of nitrogens with zero attached hydrogens (tertiary/aromatic N) is 2. The number of ether oxygens (including phenoxy) is 1. The molecular weight excluding hydrogens is 428 g/mol. The van der Waals surface area contributed by atoms with E-state index in [1.165, 1.54) is 16.9 Å². The van der Waals surface area contributed by atoms with Gasteiger partial charge in [0.15, 0.2) is 17.4 Å². The van der Waals surface area contributed by atoms with Gasteiger partial charge in [-0.05, 0) is 72.3 Å². The van der Waals surface area contributed by atoms with Gasteiger partial charge < -0.3 is 9.15 Å². The average Bonchev–Trinajstić information content (AvgIpc) is 3.43. The molecule has 0 aliphatic heterocycles. The van der Waals surface area contributed by atoms with E-state index in [4.69, 9.17) is 9.15 Å². The Labute approximate surface area is 195 Å². The SMILES string of the molecule is COc1ccc(/C=C/C(=O)c2ccc(-n3c(-c4ccco4)nc4ccccc4c3=O)cc2)cc1. The lowest BCUT2D eigenvalue weighted by Gasteiger charge is -2.12. The van der Waals surface area contributed by atoms with E-state index in [0.717, 1.165) is 11.3 Å². The summed E-state index contributed by atoms with van der Waals surface area (Å²) in [5.74, 6) is 1.49. The lowest BCUT2D eigenvalue weighted by Crippen LogP contribution is -2.21. The zero-order valence-electron chi connectivity index (χ0n) is 18.3. The fourth-order valence-corrected chi connectivity index (χ4v) is 3.70. The first-order valence-electron chi connectivity index (χ1n) is 10.7. The normalized spacial score (nSPS) is 11.2. The number of rotatable bonds is 6. The van der Waals surface area contributed by atoms with Crippen LogP contribution in [0, 0.1) is 0 Å². The number of aromatic nitrogens is 2. The molecule has 0 spiro atoms. The van der Waals surface area contributed by atoms with Crippen molar-refractivity contribution in [1.29, 1.82) is 0 Å². The molecule has 0 unspecified atom stereocenters. The second-order valence-electron chi connectivity index (χ2n) is 7.59. The molecule has 2 aromatic heterocycles. The van der Waals surface area contributed by atoms with Gasteiger partial charge in [0.2, 0.25) is 0 Å². The third kappa shape index (κ3) is 4.04. The van der Waals surface area contributed by atoms with Crippen molar-refractivity contribution in [3.8, 4) is 23.0 Å². The van der Waals surface area contributed by atoms with Gasteiger partial charge in [0.05, 0.1) is 30.0 Å². The number of ketones is 1. The van der Waals surface area contributed by atoms with Crippen LogP contribution in [-0.4, -0.2) is 22.4 Å². The first-order chi connectivity index (χ1) is 16.6. The molecule has 6 nitrogen and oxygen atoms in total. The Morgan fingerprint density at radius 1 is 0.941 bits per heavy atom. The number of fused-ring (bicyclic) bond motifs is 1. The van der Waals surface area contributed by atoms with Gasteiger partial charge in [-0.1, -0.05) is 30.3 Å². The maximum absolute atomic E-state index is 13.4. The molecule has 0 N–H and O–H groups in total. The first kappa shape index (κ1) is 21.2. The van der Waals surface area contributed by atoms with Crippen LogP contribution in [0.2, 0.25) is 0 Å². The molecule has 5 aromatic rings. The monoisotopic (exact) mass is 448 g/mol. The van der Waals surface area contributed by atoms with E-state index < -0.39 is 0 Å². The number of methoxy groups -OCH3 is 1. The Morgan fingerprint density at radius 3 is 2.41 bits per heavy atom. The van der Waals surface area contributed by atoms with E-state index in [2.05, 4.69) is 4.98 Å². The number of benzene rings is 3. The van der Waals surface area contributed by atoms with Crippen LogP contribution in [0.1, 0.15) is 15.9 Å². The van der Waals surface area contributed by atoms with Crippen molar-refractivity contribution in [1.82, 2.24) is 9.55 Å². The van der Waals surface area contributed by atoms with E-state index in [0.29, 0.717) is 33.7 Å². The zero-order valence-corrected chi connectivity index (χ0v) is 18.3. The summed E-state index contributed by atoms with van der Waals surface area (Å²) >= 11 is 0. The Bertz CT molecular complexity index is 1550. The van der Waals surface area contributed by atoms with Crippen molar-refractivity contribution in [2.24, 2.45) is 0 Å². The zero-order chi connectivity index (χ0) is 23.5. The van der Waals surface area contributed by atoms with Gasteiger partial charge in [0.25, 0.3) is 5.56 Å². The summed E-state index contributed by atoms with van der Waals surface area (Å²) in [6, 6.07) is 25.0. The lowest BCUT2D eigenvalue weighted by molar-refractivity contribution is 0.104. The average molecular weight is 448 g/mol. The molecule has 3 aromatic carbocycles. The number of furan rings is 1. The summed E-state index contributed by atoms with van der Waals surface area (Å²) in [6.07, 6.45) is 4.81. The van der Waals surface area contributed by atoms with Crippen LogP contribution in [-0.2, 0) is 0 Å². The molecule has 34 heavy (non-hydrogen) atoms. The molecule has 0 atom stereocenters. The molecule has 5 rings (SSSR count). The van der Waals surface area contributed by atoms with Crippen molar-refractivity contribution in [2.45, 2.75) is 0 Å². The van der Waals surface area contributed by atoms with Gasteiger partial charge in [-0.2, -0.15) is 0 Å². The number of carbonyl (C=O) groups excluding carboxylic acids is 1. The van der Waals surface area contributed by atoms with Gasteiger partial charge in [0, 0.05) is 5.56 Å². The van der Waals surface area contributed by atoms with Crippen LogP contribution >= 0.6 is 0 Å². The Kier molecular flexibility index (Phi) is 5.62. The molecule has 0 bridgehead atoms. The number of carbonyl (C=O) groups is 1. The number of hydrogen-bond donors (Lipinski definition) is 0. The molecule has 0 fully saturated rings. The van der Waals surface area contributed by atoms with Gasteiger partial charge in [-0.15, -0.1) is 0 Å². The predicted octanol–water partition coefficient (Wildman–Crippen LogP) is 5.55. The van der Waals surface area contributed by atoms with Gasteiger partial charge >= 0.3 is 0 Å². The number of para-hydroxylation sites is 1. The summed E-state index contributed by atoms with van der Waals surface area (Å²) in [6.45, 7) is 0. The summed E-state index contributed by atoms with van der Waals surface area (Å²) in [5.41, 5.74) is 2.36. The van der Waals surface area contributed by atoms with Crippen molar-refractivity contribution in [2.75, 3.05) is 7.11 Å². The van der Waals surface area contributed by atoms with E-state index in [1.54, 1.807) is 67.8 Å². The highest BCUT2D eigenvalue weighted by Crippen LogP contribution is 2.23. The summed E-state index contributed by atoms with van der Waals surface area (Å²) in [5, 5.41) is 0.500. The molecule has 0 aliphatic carbocycles. The minimum absolute atomic E-state index is 0.141. The molecule has 166 valence electrons. The van der Waals surface area contributed by atoms with Crippen molar-refractivity contribution >= 4 is 22.8 Å². The Morgan fingerprint density at radius 2 is 1.71 bits per heavy atom. The van der Waals surface area contributed by atoms with Gasteiger partial charge in [-0.3, -0.25) is 14.2 Å². The van der Waals surface area contributed by atoms with Crippen LogP contribution in [0.4, 0.5) is 0 Å². The minimum atomic E-state index is -0.213. The topological polar surface area (TPSA) is 74.3 Å². The lowest BCUT2D eigenvalue weighted by atomic mass is 10.1. The fourth-order valence-electron chi connectivity index (χ4n) is 3.70. The highest BCUT2D eigenvalue weighted by Gasteiger charge is 2.16. The van der Waals surface area contributed by atoms with Crippen LogP contribution in [0.25, 0.3) is 34.3 Å². The maximum Gasteiger partial charge on any atom is 0.266 e. The quantitative estimate of drug-likeness (QED) is 0.251. The van der Waals surface area contributed by atoms with Crippen molar-refractivity contribution in [3.05, 3.63) is 119 Å². The molecule has 0 saturated heterocycles. The number of hydrogen-bond acceptors (Lipinski definition) is 5. The molecule has 2 heterocycles. The number of allylic oxidation sites excluding steroid dienone is 1. The second kappa shape index (κ2) is 9.03. The molecule has 0 saturated carbocycles. The highest BCUT2D eigenvalue weighted by molar-refractivity contribution is 6.06. The van der Waals surface area contributed by atoms with Crippen LogP contribution in [0.3, 0.4) is 0 Å². The highest BCUT2D eigenvalue weighted by atomic mass is 16.5. The van der Waals surface area contributed by atoms with E-state index in [-0.39, 0.29) is 11.3 Å². The van der Waals surface area contributed by atoms with Crippen LogP contribution < -0.4 is 10.3 Å². The predicted molar refractivity (Wildman–Crippen MR) is 131 cm³/mol. The van der Waals surface area contributed by atoms with E-state index in [1.807, 2.05) is 30.3 Å². The van der Waals surface area contributed by atoms with E-state index in [9.17, 15) is 9.59 Å². The summed E-state index contributed by atoms with van der Waals surface area (Å²) in [4.78, 5) is 30.7. The third-order valence-electron chi connectivity index (χ3n) is 5.47. The van der Waals surface area contributed by atoms with Crippen molar-refractivity contribution in [3.63, 3.8) is 0 Å². The Balaban J connectivity index is 1.49. The third-order valence-corrected chi connectivity index (χ3v) is 5.47. The molecule has 6 heteroatoms. The van der Waals surface area contributed by atoms with E-state index >= 15 is 0 Å². The fraction of sp³-hybridized carbons (Fsp3) is 0.0357. The molecule has 0 aliphatic rings.